The molecule has 0 radical (unpaired) electrons. The Hall–Kier alpha value is -1.95. The van der Waals surface area contributed by atoms with E-state index in [4.69, 9.17) is 5.11 Å². The largest absolute Gasteiger partial charge is 0.465 e. The first-order valence-electron chi connectivity index (χ1n) is 11.2. The number of aliphatic hydroxyl groups is 1. The van der Waals surface area contributed by atoms with Crippen molar-refractivity contribution in [2.75, 3.05) is 46.4 Å². The molecule has 3 aliphatic rings. The summed E-state index contributed by atoms with van der Waals surface area (Å²) in [6.07, 6.45) is 17.4. The quantitative estimate of drug-likeness (QED) is 0.683. The highest BCUT2D eigenvalue weighted by molar-refractivity contribution is 5.91. The number of hydrogen-bond acceptors (Lipinski definition) is 5. The van der Waals surface area contributed by atoms with Gasteiger partial charge in [0, 0.05) is 32.2 Å². The van der Waals surface area contributed by atoms with Crippen LogP contribution in [0.2, 0.25) is 0 Å². The monoisotopic (exact) mass is 416 g/mol. The summed E-state index contributed by atoms with van der Waals surface area (Å²) in [6, 6.07) is 0. The maximum absolute atomic E-state index is 11.0. The molecule has 5 nitrogen and oxygen atoms in total. The number of nitrogens with one attached hydrogen (secondary N) is 1. The fourth-order valence-electron chi connectivity index (χ4n) is 3.39. The molecule has 0 aromatic rings. The third kappa shape index (κ3) is 10.2. The van der Waals surface area contributed by atoms with Crippen LogP contribution < -0.4 is 5.32 Å². The van der Waals surface area contributed by atoms with E-state index in [0.717, 1.165) is 19.5 Å². The van der Waals surface area contributed by atoms with Gasteiger partial charge in [0.15, 0.2) is 0 Å². The molecule has 2 aliphatic carbocycles. The second-order valence-corrected chi connectivity index (χ2v) is 7.41. The molecule has 3 rings (SSSR count). The lowest BCUT2D eigenvalue weighted by Crippen LogP contribution is -2.29. The first kappa shape index (κ1) is 26.1. The van der Waals surface area contributed by atoms with Gasteiger partial charge in [0.2, 0.25) is 0 Å². The number of nitrogens with zero attached hydrogens (tertiary/aromatic N) is 1. The Morgan fingerprint density at radius 1 is 1.30 bits per heavy atom. The number of ether oxygens (including phenoxy) is 1. The summed E-state index contributed by atoms with van der Waals surface area (Å²) >= 11 is 0. The van der Waals surface area contributed by atoms with E-state index in [1.54, 1.807) is 17.7 Å². The topological polar surface area (TPSA) is 61.8 Å². The van der Waals surface area contributed by atoms with Gasteiger partial charge in [-0.1, -0.05) is 67.5 Å². The van der Waals surface area contributed by atoms with E-state index in [-0.39, 0.29) is 18.5 Å². The molecule has 1 saturated heterocycles. The average molecular weight is 417 g/mol. The zero-order valence-corrected chi connectivity index (χ0v) is 19.2. The minimum Gasteiger partial charge on any atom is -0.465 e. The molecule has 1 atom stereocenters. The van der Waals surface area contributed by atoms with Gasteiger partial charge in [-0.25, -0.2) is 4.79 Å². The fraction of sp³-hybridized carbons (Fsp3) is 0.560. The molecule has 2 N–H and O–H groups in total. The minimum atomic E-state index is -0.317. The van der Waals surface area contributed by atoms with E-state index < -0.39 is 0 Å². The maximum Gasteiger partial charge on any atom is 0.337 e. The van der Waals surface area contributed by atoms with Crippen LogP contribution in [0.4, 0.5) is 0 Å². The molecule has 0 bridgehead atoms. The van der Waals surface area contributed by atoms with Crippen molar-refractivity contribution in [3.8, 4) is 0 Å². The highest BCUT2D eigenvalue weighted by Crippen LogP contribution is 2.16. The Morgan fingerprint density at radius 3 is 2.77 bits per heavy atom. The van der Waals surface area contributed by atoms with Crippen LogP contribution in [0.15, 0.2) is 59.3 Å². The van der Waals surface area contributed by atoms with E-state index in [2.05, 4.69) is 46.2 Å². The molecule has 168 valence electrons. The second kappa shape index (κ2) is 15.8. The Labute approximate surface area is 182 Å². The SMILES string of the molecule is CC.CC1=CC=CCC(CN2CCCNCC2)=C1.COC(=O)C1=CC[C@H](CO)C=C1. The summed E-state index contributed by atoms with van der Waals surface area (Å²) in [5.74, 6) is -0.166. The lowest BCUT2D eigenvalue weighted by Gasteiger charge is -2.20. The van der Waals surface area contributed by atoms with Gasteiger partial charge in [-0.2, -0.15) is 0 Å². The van der Waals surface area contributed by atoms with Crippen LogP contribution in [0.1, 0.15) is 40.0 Å². The molecule has 30 heavy (non-hydrogen) atoms. The smallest absolute Gasteiger partial charge is 0.337 e. The number of esters is 1. The molecule has 1 aliphatic heterocycles. The number of carbonyl (C=O) groups is 1. The van der Waals surface area contributed by atoms with Crippen LogP contribution in [-0.2, 0) is 9.53 Å². The van der Waals surface area contributed by atoms with Crippen LogP contribution >= 0.6 is 0 Å². The van der Waals surface area contributed by atoms with Gasteiger partial charge in [0.25, 0.3) is 0 Å². The first-order valence-corrected chi connectivity index (χ1v) is 11.2. The third-order valence-electron chi connectivity index (χ3n) is 5.01. The fourth-order valence-corrected chi connectivity index (χ4v) is 3.39. The zero-order chi connectivity index (χ0) is 22.2. The van der Waals surface area contributed by atoms with E-state index in [1.165, 1.54) is 38.7 Å². The summed E-state index contributed by atoms with van der Waals surface area (Å²) in [5, 5.41) is 12.2. The summed E-state index contributed by atoms with van der Waals surface area (Å²) in [4.78, 5) is 13.5. The molecular weight excluding hydrogens is 376 g/mol. The van der Waals surface area contributed by atoms with Crippen LogP contribution in [0, 0.1) is 5.92 Å². The molecule has 0 unspecified atom stereocenters. The van der Waals surface area contributed by atoms with Crippen LogP contribution in [0.25, 0.3) is 0 Å². The van der Waals surface area contributed by atoms with Gasteiger partial charge in [0.05, 0.1) is 12.7 Å². The van der Waals surface area contributed by atoms with Crippen molar-refractivity contribution in [1.82, 2.24) is 10.2 Å². The number of carbonyl (C=O) groups excluding carboxylic acids is 1. The normalized spacial score (nSPS) is 21.4. The predicted molar refractivity (Wildman–Crippen MR) is 125 cm³/mol. The molecule has 1 fully saturated rings. The summed E-state index contributed by atoms with van der Waals surface area (Å²) in [5.41, 5.74) is 3.49. The summed E-state index contributed by atoms with van der Waals surface area (Å²) < 4.78 is 4.54. The van der Waals surface area contributed by atoms with E-state index in [1.807, 2.05) is 19.9 Å². The molecule has 0 spiro atoms. The third-order valence-corrected chi connectivity index (χ3v) is 5.01. The predicted octanol–water partition coefficient (Wildman–Crippen LogP) is 3.79. The van der Waals surface area contributed by atoms with Crippen molar-refractivity contribution in [3.63, 3.8) is 0 Å². The van der Waals surface area contributed by atoms with Crippen molar-refractivity contribution in [2.24, 2.45) is 5.92 Å². The molecule has 0 aromatic carbocycles. The van der Waals surface area contributed by atoms with Crippen LogP contribution in [0.3, 0.4) is 0 Å². The Kier molecular flexibility index (Phi) is 13.8. The molecule has 0 amide bonds. The number of allylic oxidation sites excluding steroid dienone is 6. The lowest BCUT2D eigenvalue weighted by atomic mass is 9.98. The van der Waals surface area contributed by atoms with Crippen molar-refractivity contribution in [3.05, 3.63) is 59.3 Å². The molecular formula is C25H40N2O3. The molecule has 0 aromatic heterocycles. The standard InChI is InChI=1S/C14H22N2.C9H12O3.C2H6/c1-13-5-2-3-6-14(11-13)12-16-9-4-7-15-8-10-16;1-12-9(11)8-4-2-7(6-10)3-5-8;1-2/h2-3,5,11,15H,4,6-10,12H2,1H3;2,4-5,7,10H,3,6H2,1H3;1-2H3/t;7-;/m.1./s1. The van der Waals surface area contributed by atoms with Gasteiger partial charge < -0.3 is 15.2 Å². The summed E-state index contributed by atoms with van der Waals surface area (Å²) in [7, 11) is 1.36. The van der Waals surface area contributed by atoms with Crippen molar-refractivity contribution in [2.45, 2.75) is 40.0 Å². The second-order valence-electron chi connectivity index (χ2n) is 7.41. The summed E-state index contributed by atoms with van der Waals surface area (Å²) in [6.45, 7) is 12.2. The van der Waals surface area contributed by atoms with Gasteiger partial charge >= 0.3 is 5.97 Å². The van der Waals surface area contributed by atoms with E-state index in [9.17, 15) is 4.79 Å². The Balaban J connectivity index is 0.000000287. The van der Waals surface area contributed by atoms with E-state index >= 15 is 0 Å². The zero-order valence-electron chi connectivity index (χ0n) is 19.2. The number of rotatable bonds is 4. The van der Waals surface area contributed by atoms with E-state index in [0.29, 0.717) is 12.0 Å². The molecule has 0 saturated carbocycles. The highest BCUT2D eigenvalue weighted by Gasteiger charge is 2.12. The first-order chi connectivity index (χ1) is 14.6. The maximum atomic E-state index is 11.0. The van der Waals surface area contributed by atoms with Crippen LogP contribution in [0.5, 0.6) is 0 Å². The van der Waals surface area contributed by atoms with Gasteiger partial charge in [-0.3, -0.25) is 4.90 Å². The van der Waals surface area contributed by atoms with Crippen LogP contribution in [-0.4, -0.2) is 62.4 Å². The molecule has 5 heteroatoms. The number of hydrogen-bond donors (Lipinski definition) is 2. The minimum absolute atomic E-state index is 0.126. The number of methoxy groups -OCH3 is 1. The van der Waals surface area contributed by atoms with Crippen molar-refractivity contribution in [1.29, 1.82) is 0 Å². The Morgan fingerprint density at radius 2 is 2.10 bits per heavy atom. The van der Waals surface area contributed by atoms with Crippen molar-refractivity contribution >= 4 is 5.97 Å². The van der Waals surface area contributed by atoms with Gasteiger partial charge in [-0.05, 0) is 39.3 Å². The highest BCUT2D eigenvalue weighted by atomic mass is 16.5. The van der Waals surface area contributed by atoms with Gasteiger partial charge in [0.1, 0.15) is 0 Å². The number of aliphatic hydroxyl groups excluding tert-OH is 1. The Bertz CT molecular complexity index is 651. The molecule has 1 heterocycles. The average Bonchev–Trinajstić information content (AvgIpc) is 3.17. The van der Waals surface area contributed by atoms with Crippen molar-refractivity contribution < 1.29 is 14.6 Å². The van der Waals surface area contributed by atoms with Gasteiger partial charge in [-0.15, -0.1) is 0 Å². The lowest BCUT2D eigenvalue weighted by molar-refractivity contribution is -0.135.